The van der Waals surface area contributed by atoms with E-state index in [1.165, 1.54) is 29.2 Å². The van der Waals surface area contributed by atoms with Crippen molar-refractivity contribution in [2.75, 3.05) is 4.61 Å². The van der Waals surface area contributed by atoms with Crippen molar-refractivity contribution in [1.82, 2.24) is 10.2 Å². The molecule has 29 heavy (non-hydrogen) atoms. The average molecular weight is 534 g/mol. The lowest BCUT2D eigenvalue weighted by Crippen LogP contribution is -2.72. The fourth-order valence-corrected chi connectivity index (χ4v) is 5.80. The summed E-state index contributed by atoms with van der Waals surface area (Å²) in [6, 6.07) is 3.87. The van der Waals surface area contributed by atoms with Crippen molar-refractivity contribution in [2.24, 2.45) is 0 Å². The second-order valence-corrected chi connectivity index (χ2v) is 9.99. The molecule has 1 aromatic rings. The second kappa shape index (κ2) is 8.11. The molecule has 156 valence electrons. The van der Waals surface area contributed by atoms with Gasteiger partial charge in [0.2, 0.25) is 11.3 Å². The first-order valence-corrected chi connectivity index (χ1v) is 11.4. The zero-order valence-corrected chi connectivity index (χ0v) is 18.6. The quantitative estimate of drug-likeness (QED) is 0.178. The van der Waals surface area contributed by atoms with Crippen LogP contribution in [0.4, 0.5) is 0 Å². The van der Waals surface area contributed by atoms with Crippen molar-refractivity contribution in [1.29, 1.82) is 0 Å². The largest absolute Gasteiger partial charge is 0.614 e. The van der Waals surface area contributed by atoms with Crippen LogP contribution in [-0.4, -0.2) is 65.1 Å². The van der Waals surface area contributed by atoms with E-state index in [-0.39, 0.29) is 16.6 Å². The van der Waals surface area contributed by atoms with Gasteiger partial charge in [-0.05, 0) is 65.3 Å². The summed E-state index contributed by atoms with van der Waals surface area (Å²) < 4.78 is 17.0. The maximum Gasteiger partial charge on any atom is 0.335 e. The smallest absolute Gasteiger partial charge is 0.335 e. The molecule has 0 aliphatic carbocycles. The number of rotatable bonds is 6. The van der Waals surface area contributed by atoms with Gasteiger partial charge in [0.25, 0.3) is 5.91 Å². The molecule has 2 fully saturated rings. The molecule has 1 aromatic carbocycles. The van der Waals surface area contributed by atoms with E-state index in [0.29, 0.717) is 5.56 Å². The number of esters is 1. The van der Waals surface area contributed by atoms with Crippen molar-refractivity contribution in [3.8, 4) is 0 Å². The van der Waals surface area contributed by atoms with E-state index in [4.69, 9.17) is 9.84 Å². The van der Waals surface area contributed by atoms with Gasteiger partial charge in [0, 0.05) is 0 Å². The summed E-state index contributed by atoms with van der Waals surface area (Å²) in [5, 5.41) is 10.7. The van der Waals surface area contributed by atoms with Crippen LogP contribution < -0.4 is 5.32 Å². The van der Waals surface area contributed by atoms with Gasteiger partial charge >= 0.3 is 11.9 Å². The lowest BCUT2D eigenvalue weighted by Gasteiger charge is -2.41. The molecule has 0 spiro atoms. The molecule has 4 atom stereocenters. The molecule has 2 saturated heterocycles. The number of nitrogens with one attached hydrogen (secondary N) is 1. The van der Waals surface area contributed by atoms with Gasteiger partial charge in [0.1, 0.15) is 4.61 Å². The number of benzene rings is 1. The molecule has 2 aliphatic rings. The number of fused-ring (bicyclic) bond motifs is 1. The minimum Gasteiger partial charge on any atom is -0.614 e. The van der Waals surface area contributed by atoms with Gasteiger partial charge in [-0.15, -0.1) is 0 Å². The SMILES string of the molecule is CC1(C)[C@H](C(=O)OCI)N2C(=O)[C@@H](NC(=O)Cc3ccc(C(=O)O)cc3)[C@H]2[S@@+]1[O-]. The van der Waals surface area contributed by atoms with E-state index in [2.05, 4.69) is 5.32 Å². The normalized spacial score (nSPS) is 27.0. The van der Waals surface area contributed by atoms with Gasteiger partial charge in [-0.1, -0.05) is 12.1 Å². The number of ether oxygens (including phenoxy) is 1. The van der Waals surface area contributed by atoms with Crippen molar-refractivity contribution in [3.63, 3.8) is 0 Å². The van der Waals surface area contributed by atoms with Gasteiger partial charge in [-0.3, -0.25) is 14.5 Å². The van der Waals surface area contributed by atoms with Gasteiger partial charge in [-0.25, -0.2) is 9.59 Å². The third-order valence-electron chi connectivity index (χ3n) is 5.06. The summed E-state index contributed by atoms with van der Waals surface area (Å²) in [5.41, 5.74) is 0.680. The van der Waals surface area contributed by atoms with Crippen LogP contribution in [0.25, 0.3) is 0 Å². The summed E-state index contributed by atoms with van der Waals surface area (Å²) >= 11 is 0.290. The van der Waals surface area contributed by atoms with Crippen LogP contribution in [0.2, 0.25) is 0 Å². The van der Waals surface area contributed by atoms with E-state index in [9.17, 15) is 23.7 Å². The van der Waals surface area contributed by atoms with E-state index >= 15 is 0 Å². The summed E-state index contributed by atoms with van der Waals surface area (Å²) in [7, 11) is 0. The first kappa shape index (κ1) is 21.8. The van der Waals surface area contributed by atoms with E-state index in [1.54, 1.807) is 13.8 Å². The number of hydrogen-bond acceptors (Lipinski definition) is 6. The third-order valence-corrected chi connectivity index (χ3v) is 7.57. The highest BCUT2D eigenvalue weighted by Crippen LogP contribution is 2.46. The third kappa shape index (κ3) is 3.82. The fraction of sp³-hybridized carbons (Fsp3) is 0.444. The zero-order chi connectivity index (χ0) is 21.5. The number of carbonyl (C=O) groups is 4. The summed E-state index contributed by atoms with van der Waals surface area (Å²) in [6.45, 7) is 3.27. The fourth-order valence-electron chi connectivity index (χ4n) is 3.58. The Morgan fingerprint density at radius 1 is 1.31 bits per heavy atom. The Morgan fingerprint density at radius 3 is 2.48 bits per heavy atom. The molecule has 0 saturated carbocycles. The molecule has 2 amide bonds. The highest BCUT2D eigenvalue weighted by atomic mass is 127. The Labute approximate surface area is 183 Å². The predicted molar refractivity (Wildman–Crippen MR) is 111 cm³/mol. The Kier molecular flexibility index (Phi) is 6.11. The van der Waals surface area contributed by atoms with Crippen LogP contribution in [0.15, 0.2) is 24.3 Å². The molecular weight excluding hydrogens is 515 g/mol. The molecule has 2 aliphatic heterocycles. The number of carboxylic acids is 1. The van der Waals surface area contributed by atoms with Crippen molar-refractivity contribution < 1.29 is 33.6 Å². The Bertz CT molecular complexity index is 860. The van der Waals surface area contributed by atoms with E-state index in [1.807, 2.05) is 22.6 Å². The van der Waals surface area contributed by atoms with E-state index < -0.39 is 57.1 Å². The second-order valence-electron chi connectivity index (χ2n) is 7.24. The van der Waals surface area contributed by atoms with Crippen LogP contribution in [0.3, 0.4) is 0 Å². The lowest BCUT2D eigenvalue weighted by atomic mass is 9.96. The van der Waals surface area contributed by atoms with Crippen LogP contribution >= 0.6 is 22.6 Å². The van der Waals surface area contributed by atoms with Crippen molar-refractivity contribution in [3.05, 3.63) is 35.4 Å². The molecule has 9 nitrogen and oxygen atoms in total. The monoisotopic (exact) mass is 534 g/mol. The average Bonchev–Trinajstić information content (AvgIpc) is 2.84. The molecule has 3 rings (SSSR count). The van der Waals surface area contributed by atoms with Gasteiger partial charge < -0.3 is 19.7 Å². The first-order valence-electron chi connectivity index (χ1n) is 8.66. The first-order chi connectivity index (χ1) is 13.6. The number of amides is 2. The van der Waals surface area contributed by atoms with Crippen LogP contribution in [0.5, 0.6) is 0 Å². The summed E-state index contributed by atoms with van der Waals surface area (Å²) in [5.74, 6) is -2.61. The number of β-lactam (4-membered cyclic amide) rings is 1. The maximum atomic E-state index is 12.9. The van der Waals surface area contributed by atoms with Crippen molar-refractivity contribution >= 4 is 57.5 Å². The number of nitrogens with zero attached hydrogens (tertiary/aromatic N) is 1. The topological polar surface area (TPSA) is 136 Å². The lowest BCUT2D eigenvalue weighted by molar-refractivity contribution is -0.163. The summed E-state index contributed by atoms with van der Waals surface area (Å²) in [4.78, 5) is 49.4. The number of carboxylic acid groups (broad SMARTS) is 1. The van der Waals surface area contributed by atoms with Gasteiger partial charge in [0.05, 0.1) is 12.0 Å². The minimum atomic E-state index is -1.58. The number of carbonyl (C=O) groups excluding carboxylic acids is 3. The molecule has 11 heteroatoms. The highest BCUT2D eigenvalue weighted by Gasteiger charge is 2.73. The molecule has 0 unspecified atom stereocenters. The summed E-state index contributed by atoms with van der Waals surface area (Å²) in [6.07, 6.45) is -0.0628. The van der Waals surface area contributed by atoms with Gasteiger partial charge in [-0.2, -0.15) is 0 Å². The molecule has 0 aromatic heterocycles. The molecule has 0 bridgehead atoms. The molecule has 0 radical (unpaired) electrons. The standard InChI is InChI=1S/C18H19IN2O7S/c1-18(2)13(17(26)28-8-19)21-14(23)12(15(21)29(18)27)20-11(22)7-9-3-5-10(6-4-9)16(24)25/h3-6,12-13,15H,7-8H2,1-2H3,(H,20,22)(H,24,25)/t12-,13+,15-,29-/m1/s1. The number of aromatic carboxylic acids is 1. The number of halogens is 1. The predicted octanol–water partition coefficient (Wildman–Crippen LogP) is 0.426. The van der Waals surface area contributed by atoms with Gasteiger partial charge in [0.15, 0.2) is 16.8 Å². The van der Waals surface area contributed by atoms with Crippen LogP contribution in [0.1, 0.15) is 29.8 Å². The van der Waals surface area contributed by atoms with Crippen LogP contribution in [0, 0.1) is 0 Å². The molecular formula is C18H19IN2O7S. The van der Waals surface area contributed by atoms with Crippen LogP contribution in [-0.2, 0) is 36.7 Å². The molecule has 2 heterocycles. The number of hydrogen-bond donors (Lipinski definition) is 2. The Morgan fingerprint density at radius 2 is 1.93 bits per heavy atom. The Balaban J connectivity index is 1.69. The highest BCUT2D eigenvalue weighted by molar-refractivity contribution is 14.1. The zero-order valence-electron chi connectivity index (χ0n) is 15.6. The minimum absolute atomic E-state index is 0.0628. The maximum absolute atomic E-state index is 12.9. The van der Waals surface area contributed by atoms with E-state index in [0.717, 1.165) is 0 Å². The Hall–Kier alpha value is -1.86. The number of alkyl halides is 1. The molecule has 2 N–H and O–H groups in total. The van der Waals surface area contributed by atoms with Crippen molar-refractivity contribution in [2.45, 2.75) is 42.5 Å².